The van der Waals surface area contributed by atoms with Gasteiger partial charge in [-0.2, -0.15) is 0 Å². The van der Waals surface area contributed by atoms with E-state index in [0.717, 1.165) is 18.5 Å². The fraction of sp³-hybridized carbons (Fsp3) is 0.286. The van der Waals surface area contributed by atoms with Crippen LogP contribution in [-0.4, -0.2) is 20.4 Å². The Morgan fingerprint density at radius 1 is 1.50 bits per heavy atom. The summed E-state index contributed by atoms with van der Waals surface area (Å²) in [4.78, 5) is 26.8. The van der Waals surface area contributed by atoms with Gasteiger partial charge >= 0.3 is 11.7 Å². The zero-order chi connectivity index (χ0) is 15.7. The summed E-state index contributed by atoms with van der Waals surface area (Å²) in [5, 5.41) is 11.3. The summed E-state index contributed by atoms with van der Waals surface area (Å²) in [6.45, 7) is 0. The van der Waals surface area contributed by atoms with Crippen molar-refractivity contribution < 1.29 is 14.5 Å². The molecular formula is C14H12ClN3O4. The van der Waals surface area contributed by atoms with Gasteiger partial charge in [0.05, 0.1) is 11.3 Å². The number of nitro benzene ring substituents is 1. The van der Waals surface area contributed by atoms with Gasteiger partial charge < -0.3 is 9.30 Å². The van der Waals surface area contributed by atoms with Gasteiger partial charge in [-0.05, 0) is 25.3 Å². The normalized spacial score (nSPS) is 16.9. The maximum Gasteiger partial charge on any atom is 0.334 e. The first-order chi connectivity index (χ1) is 10.6. The quantitative estimate of drug-likeness (QED) is 0.375. The fourth-order valence-electron chi connectivity index (χ4n) is 2.55. The summed E-state index contributed by atoms with van der Waals surface area (Å²) >= 11 is 5.83. The number of esters is 1. The summed E-state index contributed by atoms with van der Waals surface area (Å²) in [6.07, 6.45) is 5.58. The highest BCUT2D eigenvalue weighted by atomic mass is 35.5. The van der Waals surface area contributed by atoms with Gasteiger partial charge in [-0.1, -0.05) is 11.6 Å². The van der Waals surface area contributed by atoms with Gasteiger partial charge in [0.1, 0.15) is 6.04 Å². The Hall–Kier alpha value is -2.41. The minimum absolute atomic E-state index is 0.144. The minimum atomic E-state index is -0.609. The highest BCUT2D eigenvalue weighted by molar-refractivity contribution is 6.30. The molecule has 0 amide bonds. The molecule has 0 spiro atoms. The topological polar surface area (TPSA) is 87.3 Å². The molecule has 0 saturated heterocycles. The monoisotopic (exact) mass is 321 g/mol. The Bertz CT molecular complexity index is 743. The molecule has 1 aromatic heterocycles. The van der Waals surface area contributed by atoms with Crippen LogP contribution in [0.25, 0.3) is 0 Å². The second-order valence-corrected chi connectivity index (χ2v) is 5.43. The standard InChI is InChI=1S/C14H12ClN3O4/c15-9-4-5-11(18(20)21)13(6-9)22-14(19)12-3-1-2-10-7-16-8-17(10)12/h4-8,12H,1-3H2. The third kappa shape index (κ3) is 2.67. The molecule has 1 aromatic carbocycles. The molecule has 1 aliphatic rings. The predicted molar refractivity (Wildman–Crippen MR) is 77.9 cm³/mol. The zero-order valence-electron chi connectivity index (χ0n) is 11.4. The summed E-state index contributed by atoms with van der Waals surface area (Å²) in [7, 11) is 0. The number of aromatic nitrogens is 2. The van der Waals surface area contributed by atoms with Gasteiger partial charge in [-0.15, -0.1) is 0 Å². The molecule has 114 valence electrons. The number of imidazole rings is 1. The number of benzene rings is 1. The Morgan fingerprint density at radius 2 is 2.32 bits per heavy atom. The molecule has 0 bridgehead atoms. The first kappa shape index (κ1) is 14.5. The van der Waals surface area contributed by atoms with E-state index in [1.165, 1.54) is 18.2 Å². The Labute approximate surface area is 130 Å². The number of carbonyl (C=O) groups is 1. The average Bonchev–Trinajstić information content (AvgIpc) is 2.95. The Kier molecular flexibility index (Phi) is 3.81. The number of fused-ring (bicyclic) bond motifs is 1. The number of hydrogen-bond acceptors (Lipinski definition) is 5. The van der Waals surface area contributed by atoms with E-state index in [4.69, 9.17) is 16.3 Å². The van der Waals surface area contributed by atoms with E-state index in [9.17, 15) is 14.9 Å². The molecule has 8 heteroatoms. The number of aryl methyl sites for hydroxylation is 1. The predicted octanol–water partition coefficient (Wildman–Crippen LogP) is 2.93. The molecule has 2 heterocycles. The van der Waals surface area contributed by atoms with Crippen LogP contribution >= 0.6 is 11.6 Å². The number of ether oxygens (including phenoxy) is 1. The minimum Gasteiger partial charge on any atom is -0.418 e. The second kappa shape index (κ2) is 5.76. The first-order valence-electron chi connectivity index (χ1n) is 6.72. The molecule has 22 heavy (non-hydrogen) atoms. The Morgan fingerprint density at radius 3 is 3.09 bits per heavy atom. The van der Waals surface area contributed by atoms with Crippen LogP contribution in [0.4, 0.5) is 5.69 Å². The smallest absolute Gasteiger partial charge is 0.334 e. The van der Waals surface area contributed by atoms with Crippen molar-refractivity contribution in [3.05, 3.63) is 51.6 Å². The van der Waals surface area contributed by atoms with Crippen molar-refractivity contribution in [1.82, 2.24) is 9.55 Å². The zero-order valence-corrected chi connectivity index (χ0v) is 12.2. The van der Waals surface area contributed by atoms with Gasteiger partial charge in [-0.3, -0.25) is 10.1 Å². The second-order valence-electron chi connectivity index (χ2n) is 4.99. The van der Waals surface area contributed by atoms with Crippen molar-refractivity contribution in [2.24, 2.45) is 0 Å². The highest BCUT2D eigenvalue weighted by Gasteiger charge is 2.29. The SMILES string of the molecule is O=C(Oc1cc(Cl)ccc1[N+](=O)[O-])C1CCCc2cncn21. The van der Waals surface area contributed by atoms with Gasteiger partial charge in [-0.25, -0.2) is 9.78 Å². The van der Waals surface area contributed by atoms with Crippen molar-refractivity contribution in [3.63, 3.8) is 0 Å². The van der Waals surface area contributed by atoms with E-state index in [1.807, 2.05) is 0 Å². The largest absolute Gasteiger partial charge is 0.418 e. The first-order valence-corrected chi connectivity index (χ1v) is 7.10. The van der Waals surface area contributed by atoms with E-state index in [2.05, 4.69) is 4.98 Å². The van der Waals surface area contributed by atoms with Crippen LogP contribution in [0.15, 0.2) is 30.7 Å². The lowest BCUT2D eigenvalue weighted by Gasteiger charge is -2.23. The lowest BCUT2D eigenvalue weighted by atomic mass is 10.0. The third-order valence-electron chi connectivity index (χ3n) is 3.59. The molecular weight excluding hydrogens is 310 g/mol. The number of nitro groups is 1. The van der Waals surface area contributed by atoms with E-state index in [0.29, 0.717) is 6.42 Å². The molecule has 0 radical (unpaired) electrons. The average molecular weight is 322 g/mol. The molecule has 0 fully saturated rings. The molecule has 0 saturated carbocycles. The van der Waals surface area contributed by atoms with E-state index in [1.54, 1.807) is 17.1 Å². The van der Waals surface area contributed by atoms with Crippen LogP contribution in [0, 0.1) is 10.1 Å². The molecule has 1 aliphatic heterocycles. The van der Waals surface area contributed by atoms with Crippen LogP contribution < -0.4 is 4.74 Å². The number of hydrogen-bond donors (Lipinski definition) is 0. The molecule has 1 atom stereocenters. The molecule has 0 aliphatic carbocycles. The summed E-state index contributed by atoms with van der Waals surface area (Å²) in [6, 6.07) is 3.35. The maximum atomic E-state index is 12.4. The molecule has 7 nitrogen and oxygen atoms in total. The van der Waals surface area contributed by atoms with Gasteiger partial charge in [0, 0.05) is 29.0 Å². The van der Waals surface area contributed by atoms with Crippen LogP contribution in [-0.2, 0) is 11.2 Å². The number of nitrogens with zero attached hydrogens (tertiary/aromatic N) is 3. The summed E-state index contributed by atoms with van der Waals surface area (Å²) in [5.74, 6) is -0.695. The van der Waals surface area contributed by atoms with Crippen LogP contribution in [0.2, 0.25) is 5.02 Å². The van der Waals surface area contributed by atoms with E-state index >= 15 is 0 Å². The van der Waals surface area contributed by atoms with Gasteiger partial charge in [0.2, 0.25) is 5.75 Å². The number of carbonyl (C=O) groups excluding carboxylic acids is 1. The van der Waals surface area contributed by atoms with Crippen molar-refractivity contribution in [1.29, 1.82) is 0 Å². The maximum absolute atomic E-state index is 12.4. The van der Waals surface area contributed by atoms with Crippen LogP contribution in [0.1, 0.15) is 24.6 Å². The van der Waals surface area contributed by atoms with Gasteiger partial charge in [0.15, 0.2) is 0 Å². The van der Waals surface area contributed by atoms with Crippen LogP contribution in [0.3, 0.4) is 0 Å². The lowest BCUT2D eigenvalue weighted by molar-refractivity contribution is -0.385. The number of halogens is 1. The van der Waals surface area contributed by atoms with Crippen LogP contribution in [0.5, 0.6) is 5.75 Å². The third-order valence-corrected chi connectivity index (χ3v) is 3.83. The molecule has 2 aromatic rings. The number of rotatable bonds is 3. The van der Waals surface area contributed by atoms with Crippen molar-refractivity contribution >= 4 is 23.3 Å². The van der Waals surface area contributed by atoms with Crippen molar-refractivity contribution in [2.45, 2.75) is 25.3 Å². The van der Waals surface area contributed by atoms with Crippen molar-refractivity contribution in [2.75, 3.05) is 0 Å². The van der Waals surface area contributed by atoms with Gasteiger partial charge in [0.25, 0.3) is 0 Å². The van der Waals surface area contributed by atoms with E-state index < -0.39 is 16.9 Å². The van der Waals surface area contributed by atoms with Crippen molar-refractivity contribution in [3.8, 4) is 5.75 Å². The molecule has 1 unspecified atom stereocenters. The highest BCUT2D eigenvalue weighted by Crippen LogP contribution is 2.32. The molecule has 3 rings (SSSR count). The summed E-state index contributed by atoms with van der Waals surface area (Å²) < 4.78 is 6.99. The fourth-order valence-corrected chi connectivity index (χ4v) is 2.71. The van der Waals surface area contributed by atoms with E-state index in [-0.39, 0.29) is 16.5 Å². The molecule has 0 N–H and O–H groups in total. The summed E-state index contributed by atoms with van der Waals surface area (Å²) in [5.41, 5.74) is 0.660. The lowest BCUT2D eigenvalue weighted by Crippen LogP contribution is -2.28. The Balaban J connectivity index is 1.87.